The molecule has 0 bridgehead atoms. The number of rotatable bonds is 4. The molecule has 11 heteroatoms. The molecule has 32 heavy (non-hydrogen) atoms. The van der Waals surface area contributed by atoms with Crippen molar-refractivity contribution < 1.29 is 18.3 Å². The van der Waals surface area contributed by atoms with E-state index in [-0.39, 0.29) is 32.5 Å². The average molecular weight is 488 g/mol. The summed E-state index contributed by atoms with van der Waals surface area (Å²) in [5.74, 6) is -1.01. The van der Waals surface area contributed by atoms with Crippen LogP contribution in [0, 0.1) is 12.8 Å². The first-order chi connectivity index (χ1) is 15.1. The molecule has 2 aromatic heterocycles. The summed E-state index contributed by atoms with van der Waals surface area (Å²) in [4.78, 5) is 10.5. The number of aliphatic hydroxyl groups is 1. The predicted molar refractivity (Wildman–Crippen MR) is 116 cm³/mol. The Morgan fingerprint density at radius 3 is 2.50 bits per heavy atom. The van der Waals surface area contributed by atoms with E-state index in [2.05, 4.69) is 9.97 Å². The number of nitrogens with zero attached hydrogens (tertiary/aromatic N) is 4. The van der Waals surface area contributed by atoms with Gasteiger partial charge in [-0.1, -0.05) is 23.2 Å². The van der Waals surface area contributed by atoms with E-state index in [1.165, 1.54) is 0 Å². The minimum absolute atomic E-state index is 0.0613. The number of aromatic nitrogens is 3. The lowest BCUT2D eigenvalue weighted by molar-refractivity contribution is -0.190. The number of benzene rings is 1. The van der Waals surface area contributed by atoms with Gasteiger partial charge >= 0.3 is 6.18 Å². The molecule has 0 radical (unpaired) electrons. The first-order valence-electron chi connectivity index (χ1n) is 10.1. The van der Waals surface area contributed by atoms with E-state index in [1.54, 1.807) is 33.7 Å². The normalized spacial score (nSPS) is 17.2. The van der Waals surface area contributed by atoms with Gasteiger partial charge < -0.3 is 10.8 Å². The van der Waals surface area contributed by atoms with Crippen molar-refractivity contribution in [1.82, 2.24) is 19.3 Å². The number of hydrogen-bond donors (Lipinski definition) is 2. The molecule has 4 rings (SSSR count). The van der Waals surface area contributed by atoms with Crippen LogP contribution in [0.5, 0.6) is 0 Å². The molecule has 0 spiro atoms. The van der Waals surface area contributed by atoms with Gasteiger partial charge in [0.1, 0.15) is 5.69 Å². The molecule has 1 atom stereocenters. The van der Waals surface area contributed by atoms with Gasteiger partial charge in [0.25, 0.3) is 0 Å². The third-order valence-electron chi connectivity index (χ3n) is 5.93. The molecule has 1 aliphatic rings. The third-order valence-corrected chi connectivity index (χ3v) is 6.48. The van der Waals surface area contributed by atoms with Crippen molar-refractivity contribution in [2.75, 3.05) is 13.1 Å². The topological polar surface area (TPSA) is 79.7 Å². The molecule has 3 heterocycles. The van der Waals surface area contributed by atoms with Crippen LogP contribution in [-0.4, -0.2) is 43.6 Å². The summed E-state index contributed by atoms with van der Waals surface area (Å²) in [6.45, 7) is 2.25. The lowest BCUT2D eigenvalue weighted by Crippen LogP contribution is -2.40. The monoisotopic (exact) mass is 487 g/mol. The predicted octanol–water partition coefficient (Wildman–Crippen LogP) is 4.74. The van der Waals surface area contributed by atoms with Crippen LogP contribution in [0.2, 0.25) is 10.0 Å². The molecule has 1 unspecified atom stereocenters. The zero-order valence-corrected chi connectivity index (χ0v) is 18.7. The van der Waals surface area contributed by atoms with Gasteiger partial charge in [0.15, 0.2) is 6.23 Å². The SMILES string of the molecule is Cc1nc2nc(C(O)N3CCC(C(F)(F)F)CC3)cn2c(-c2ccc(Cl)cc2Cl)c1CN. The third kappa shape index (κ3) is 4.32. The maximum Gasteiger partial charge on any atom is 0.391 e. The zero-order chi connectivity index (χ0) is 23.2. The van der Waals surface area contributed by atoms with E-state index in [0.29, 0.717) is 38.5 Å². The summed E-state index contributed by atoms with van der Waals surface area (Å²) < 4.78 is 40.6. The van der Waals surface area contributed by atoms with Gasteiger partial charge in [-0.3, -0.25) is 9.30 Å². The van der Waals surface area contributed by atoms with Crippen molar-refractivity contribution in [1.29, 1.82) is 0 Å². The van der Waals surface area contributed by atoms with E-state index in [4.69, 9.17) is 28.9 Å². The standard InChI is InChI=1S/C21H22Cl2F3N5O/c1-11-15(9-27)18(14-3-2-13(22)8-16(14)23)31-10-17(29-20(31)28-11)19(32)30-6-4-12(5-7-30)21(24,25)26/h2-3,8,10,12,19,32H,4-7,9,27H2,1H3. The second kappa shape index (κ2) is 8.79. The number of imidazole rings is 1. The van der Waals surface area contributed by atoms with Crippen molar-refractivity contribution in [2.45, 2.75) is 38.7 Å². The molecular formula is C21H22Cl2F3N5O. The Labute approximate surface area is 192 Å². The minimum Gasteiger partial charge on any atom is -0.372 e. The molecule has 172 valence electrons. The van der Waals surface area contributed by atoms with Gasteiger partial charge in [-0.25, -0.2) is 9.97 Å². The van der Waals surface area contributed by atoms with E-state index in [1.807, 2.05) is 6.92 Å². The summed E-state index contributed by atoms with van der Waals surface area (Å²) in [7, 11) is 0. The fraction of sp³-hybridized carbons (Fsp3) is 0.429. The first kappa shape index (κ1) is 23.3. The summed E-state index contributed by atoms with van der Waals surface area (Å²) in [6.07, 6.45) is -3.86. The van der Waals surface area contributed by atoms with E-state index in [9.17, 15) is 18.3 Å². The van der Waals surface area contributed by atoms with Gasteiger partial charge in [0.05, 0.1) is 16.6 Å². The second-order valence-electron chi connectivity index (χ2n) is 7.91. The zero-order valence-electron chi connectivity index (χ0n) is 17.2. The Hall–Kier alpha value is -1.91. The Balaban J connectivity index is 1.73. The smallest absolute Gasteiger partial charge is 0.372 e. The van der Waals surface area contributed by atoms with E-state index >= 15 is 0 Å². The molecule has 0 amide bonds. The highest BCUT2D eigenvalue weighted by Gasteiger charge is 2.42. The van der Waals surface area contributed by atoms with Crippen molar-refractivity contribution in [3.63, 3.8) is 0 Å². The Morgan fingerprint density at radius 1 is 1.22 bits per heavy atom. The van der Waals surface area contributed by atoms with Crippen LogP contribution >= 0.6 is 23.2 Å². The molecular weight excluding hydrogens is 466 g/mol. The van der Waals surface area contributed by atoms with E-state index < -0.39 is 18.3 Å². The number of likely N-dealkylation sites (tertiary alicyclic amines) is 1. The highest BCUT2D eigenvalue weighted by Crippen LogP contribution is 2.37. The van der Waals surface area contributed by atoms with Crippen LogP contribution in [-0.2, 0) is 6.54 Å². The largest absolute Gasteiger partial charge is 0.391 e. The number of aryl methyl sites for hydroxylation is 1. The highest BCUT2D eigenvalue weighted by atomic mass is 35.5. The van der Waals surface area contributed by atoms with Crippen LogP contribution in [0.3, 0.4) is 0 Å². The number of hydrogen-bond acceptors (Lipinski definition) is 5. The molecule has 1 saturated heterocycles. The summed E-state index contributed by atoms with van der Waals surface area (Å²) in [5, 5.41) is 11.8. The molecule has 3 N–H and O–H groups in total. The number of alkyl halides is 3. The molecule has 0 saturated carbocycles. The van der Waals surface area contributed by atoms with Crippen LogP contribution in [0.1, 0.15) is 36.0 Å². The molecule has 6 nitrogen and oxygen atoms in total. The lowest BCUT2D eigenvalue weighted by atomic mass is 9.96. The molecule has 1 aromatic carbocycles. The first-order valence-corrected chi connectivity index (χ1v) is 10.9. The fourth-order valence-corrected chi connectivity index (χ4v) is 4.66. The summed E-state index contributed by atoms with van der Waals surface area (Å²) in [5.41, 5.74) is 9.07. The average Bonchev–Trinajstić information content (AvgIpc) is 3.15. The van der Waals surface area contributed by atoms with Crippen molar-refractivity contribution in [3.05, 3.63) is 51.4 Å². The van der Waals surface area contributed by atoms with Crippen LogP contribution in [0.4, 0.5) is 13.2 Å². The van der Waals surface area contributed by atoms with Gasteiger partial charge in [0.2, 0.25) is 5.78 Å². The van der Waals surface area contributed by atoms with Gasteiger partial charge in [-0.15, -0.1) is 0 Å². The number of fused-ring (bicyclic) bond motifs is 1. The van der Waals surface area contributed by atoms with Gasteiger partial charge in [-0.05, 0) is 38.0 Å². The maximum absolute atomic E-state index is 13.0. The van der Waals surface area contributed by atoms with Crippen molar-refractivity contribution in [3.8, 4) is 11.3 Å². The van der Waals surface area contributed by atoms with Gasteiger partial charge in [0, 0.05) is 47.7 Å². The molecule has 0 aliphatic carbocycles. The van der Waals surface area contributed by atoms with Crippen molar-refractivity contribution >= 4 is 29.0 Å². The minimum atomic E-state index is -4.22. The lowest BCUT2D eigenvalue weighted by Gasteiger charge is -2.35. The highest BCUT2D eigenvalue weighted by molar-refractivity contribution is 6.36. The van der Waals surface area contributed by atoms with Crippen LogP contribution in [0.25, 0.3) is 17.0 Å². The number of halogens is 5. The Kier molecular flexibility index (Phi) is 6.39. The quantitative estimate of drug-likeness (QED) is 0.555. The van der Waals surface area contributed by atoms with Crippen LogP contribution < -0.4 is 5.73 Å². The Bertz CT molecular complexity index is 1140. The van der Waals surface area contributed by atoms with E-state index in [0.717, 1.165) is 5.56 Å². The Morgan fingerprint density at radius 2 is 1.91 bits per heavy atom. The summed E-state index contributed by atoms with van der Waals surface area (Å²) >= 11 is 12.5. The molecule has 1 aliphatic heterocycles. The van der Waals surface area contributed by atoms with Crippen LogP contribution in [0.15, 0.2) is 24.4 Å². The van der Waals surface area contributed by atoms with Gasteiger partial charge in [-0.2, -0.15) is 13.2 Å². The fourth-order valence-electron chi connectivity index (χ4n) is 4.17. The second-order valence-corrected chi connectivity index (χ2v) is 8.76. The number of aliphatic hydroxyl groups excluding tert-OH is 1. The maximum atomic E-state index is 13.0. The van der Waals surface area contributed by atoms with Crippen molar-refractivity contribution in [2.24, 2.45) is 11.7 Å². The molecule has 1 fully saturated rings. The number of nitrogens with two attached hydrogens (primary N) is 1. The summed E-state index contributed by atoms with van der Waals surface area (Å²) in [6, 6.07) is 5.11. The molecule has 3 aromatic rings. The number of piperidine rings is 1.